The number of anilines is 2. The van der Waals surface area contributed by atoms with E-state index in [0.29, 0.717) is 6.54 Å². The molecule has 132 valence electrons. The van der Waals surface area contributed by atoms with Crippen LogP contribution in [0.2, 0.25) is 0 Å². The quantitative estimate of drug-likeness (QED) is 0.904. The molecule has 2 aromatic rings. The van der Waals surface area contributed by atoms with E-state index in [4.69, 9.17) is 0 Å². The number of aromatic nitrogens is 1. The number of nitrogens with one attached hydrogen (secondary N) is 1. The first-order valence-corrected chi connectivity index (χ1v) is 8.25. The molecule has 0 atom stereocenters. The second kappa shape index (κ2) is 8.02. The van der Waals surface area contributed by atoms with Crippen molar-refractivity contribution < 1.29 is 13.6 Å². The zero-order valence-electron chi connectivity index (χ0n) is 13.8. The fourth-order valence-corrected chi connectivity index (χ4v) is 2.80. The molecule has 3 rings (SSSR count). The fraction of sp³-hybridized carbons (Fsp3) is 0.333. The van der Waals surface area contributed by atoms with Gasteiger partial charge in [-0.1, -0.05) is 6.07 Å². The first kappa shape index (κ1) is 17.3. The molecule has 0 bridgehead atoms. The van der Waals surface area contributed by atoms with E-state index in [0.717, 1.165) is 44.1 Å². The van der Waals surface area contributed by atoms with E-state index in [1.165, 1.54) is 6.07 Å². The first-order chi connectivity index (χ1) is 12.1. The van der Waals surface area contributed by atoms with Gasteiger partial charge in [0.05, 0.1) is 5.69 Å². The summed E-state index contributed by atoms with van der Waals surface area (Å²) in [6.45, 7) is 3.99. The third-order valence-corrected chi connectivity index (χ3v) is 4.21. The molecule has 0 radical (unpaired) electrons. The fourth-order valence-electron chi connectivity index (χ4n) is 2.80. The number of pyridine rings is 1. The molecule has 5 nitrogen and oxygen atoms in total. The van der Waals surface area contributed by atoms with Crippen LogP contribution in [0.4, 0.5) is 20.3 Å². The lowest BCUT2D eigenvalue weighted by Gasteiger charge is -2.35. The summed E-state index contributed by atoms with van der Waals surface area (Å²) in [5.74, 6) is -0.747. The van der Waals surface area contributed by atoms with Crippen molar-refractivity contribution in [1.29, 1.82) is 0 Å². The standard InChI is InChI=1S/C18H20F2N4O/c19-14-4-5-16(15(20)13-14)22-18(25)6-8-23-9-11-24(12-10-23)17-3-1-2-7-21-17/h1-5,7,13H,6,8-12H2,(H,22,25). The van der Waals surface area contributed by atoms with Crippen molar-refractivity contribution >= 4 is 17.4 Å². The molecule has 1 aromatic carbocycles. The molecule has 0 spiro atoms. The number of halogens is 2. The van der Waals surface area contributed by atoms with Crippen molar-refractivity contribution in [2.75, 3.05) is 42.9 Å². The summed E-state index contributed by atoms with van der Waals surface area (Å²) in [5.41, 5.74) is 0.00590. The molecule has 2 heterocycles. The van der Waals surface area contributed by atoms with Crippen LogP contribution in [0.1, 0.15) is 6.42 Å². The largest absolute Gasteiger partial charge is 0.354 e. The minimum atomic E-state index is -0.766. The van der Waals surface area contributed by atoms with Gasteiger partial charge >= 0.3 is 0 Å². The summed E-state index contributed by atoms with van der Waals surface area (Å²) >= 11 is 0. The van der Waals surface area contributed by atoms with Crippen LogP contribution in [-0.4, -0.2) is 48.5 Å². The van der Waals surface area contributed by atoms with Crippen LogP contribution in [0.15, 0.2) is 42.6 Å². The number of hydrogen-bond donors (Lipinski definition) is 1. The number of carbonyl (C=O) groups excluding carboxylic acids is 1. The van der Waals surface area contributed by atoms with Crippen LogP contribution < -0.4 is 10.2 Å². The van der Waals surface area contributed by atoms with E-state index in [9.17, 15) is 13.6 Å². The second-order valence-electron chi connectivity index (χ2n) is 5.94. The lowest BCUT2D eigenvalue weighted by atomic mass is 10.2. The van der Waals surface area contributed by atoms with Crippen LogP contribution in [0.5, 0.6) is 0 Å². The van der Waals surface area contributed by atoms with E-state index in [-0.39, 0.29) is 18.0 Å². The van der Waals surface area contributed by atoms with Crippen molar-refractivity contribution in [3.8, 4) is 0 Å². The highest BCUT2D eigenvalue weighted by Crippen LogP contribution is 2.16. The van der Waals surface area contributed by atoms with Gasteiger partial charge in [-0.2, -0.15) is 0 Å². The molecular weight excluding hydrogens is 326 g/mol. The monoisotopic (exact) mass is 346 g/mol. The Labute approximate surface area is 145 Å². The zero-order chi connectivity index (χ0) is 17.6. The number of piperazine rings is 1. The highest BCUT2D eigenvalue weighted by molar-refractivity contribution is 5.90. The number of benzene rings is 1. The van der Waals surface area contributed by atoms with Crippen LogP contribution in [0, 0.1) is 11.6 Å². The van der Waals surface area contributed by atoms with Gasteiger partial charge in [-0.05, 0) is 24.3 Å². The average molecular weight is 346 g/mol. The van der Waals surface area contributed by atoms with Crippen LogP contribution >= 0.6 is 0 Å². The van der Waals surface area contributed by atoms with Gasteiger partial charge in [0.15, 0.2) is 0 Å². The van der Waals surface area contributed by atoms with Crippen LogP contribution in [-0.2, 0) is 4.79 Å². The van der Waals surface area contributed by atoms with Crippen molar-refractivity contribution in [1.82, 2.24) is 9.88 Å². The van der Waals surface area contributed by atoms with Gasteiger partial charge in [0.25, 0.3) is 0 Å². The Balaban J connectivity index is 1.43. The average Bonchev–Trinajstić information content (AvgIpc) is 2.63. The highest BCUT2D eigenvalue weighted by Gasteiger charge is 2.18. The van der Waals surface area contributed by atoms with Gasteiger partial charge in [-0.15, -0.1) is 0 Å². The van der Waals surface area contributed by atoms with E-state index < -0.39 is 11.6 Å². The molecule has 0 saturated carbocycles. The molecule has 0 unspecified atom stereocenters. The molecule has 1 N–H and O–H groups in total. The topological polar surface area (TPSA) is 48.5 Å². The van der Waals surface area contributed by atoms with E-state index >= 15 is 0 Å². The van der Waals surface area contributed by atoms with Crippen LogP contribution in [0.3, 0.4) is 0 Å². The predicted molar refractivity (Wildman–Crippen MR) is 92.5 cm³/mol. The van der Waals surface area contributed by atoms with Gasteiger partial charge in [0.1, 0.15) is 17.5 Å². The normalized spacial score (nSPS) is 15.2. The minimum absolute atomic E-state index is 0.00590. The number of amides is 1. The Hall–Kier alpha value is -2.54. The van der Waals surface area contributed by atoms with Crippen LogP contribution in [0.25, 0.3) is 0 Å². The SMILES string of the molecule is O=C(CCN1CCN(c2ccccn2)CC1)Nc1ccc(F)cc1F. The molecule has 1 aromatic heterocycles. The number of carbonyl (C=O) groups is 1. The molecule has 1 fully saturated rings. The molecule has 1 saturated heterocycles. The predicted octanol–water partition coefficient (Wildman–Crippen LogP) is 2.51. The number of nitrogens with zero attached hydrogens (tertiary/aromatic N) is 3. The van der Waals surface area contributed by atoms with Gasteiger partial charge in [-0.3, -0.25) is 9.69 Å². The summed E-state index contributed by atoms with van der Waals surface area (Å²) in [4.78, 5) is 20.7. The third kappa shape index (κ3) is 4.73. The summed E-state index contributed by atoms with van der Waals surface area (Å²) in [6.07, 6.45) is 2.04. The van der Waals surface area contributed by atoms with Gasteiger partial charge in [0.2, 0.25) is 5.91 Å². The maximum atomic E-state index is 13.5. The van der Waals surface area contributed by atoms with Gasteiger partial charge in [0, 0.05) is 51.4 Å². The third-order valence-electron chi connectivity index (χ3n) is 4.21. The van der Waals surface area contributed by atoms with Gasteiger partial charge in [-0.25, -0.2) is 13.8 Å². The Morgan fingerprint density at radius 3 is 2.60 bits per heavy atom. The molecule has 0 aliphatic carbocycles. The lowest BCUT2D eigenvalue weighted by Crippen LogP contribution is -2.47. The van der Waals surface area contributed by atoms with E-state index in [1.807, 2.05) is 18.2 Å². The number of hydrogen-bond acceptors (Lipinski definition) is 4. The summed E-state index contributed by atoms with van der Waals surface area (Å²) in [7, 11) is 0. The molecule has 25 heavy (non-hydrogen) atoms. The Kier molecular flexibility index (Phi) is 5.55. The van der Waals surface area contributed by atoms with E-state index in [2.05, 4.69) is 20.1 Å². The van der Waals surface area contributed by atoms with E-state index in [1.54, 1.807) is 6.20 Å². The van der Waals surface area contributed by atoms with Crippen molar-refractivity contribution in [2.24, 2.45) is 0 Å². The first-order valence-electron chi connectivity index (χ1n) is 8.25. The summed E-state index contributed by atoms with van der Waals surface area (Å²) in [5, 5.41) is 2.48. The summed E-state index contributed by atoms with van der Waals surface area (Å²) < 4.78 is 26.4. The molecular formula is C18H20F2N4O. The smallest absolute Gasteiger partial charge is 0.225 e. The molecule has 1 aliphatic heterocycles. The highest BCUT2D eigenvalue weighted by atomic mass is 19.1. The second-order valence-corrected chi connectivity index (χ2v) is 5.94. The Morgan fingerprint density at radius 2 is 1.92 bits per heavy atom. The minimum Gasteiger partial charge on any atom is -0.354 e. The molecule has 7 heteroatoms. The Morgan fingerprint density at radius 1 is 1.12 bits per heavy atom. The number of rotatable bonds is 5. The zero-order valence-corrected chi connectivity index (χ0v) is 13.8. The van der Waals surface area contributed by atoms with Crippen molar-refractivity contribution in [3.05, 3.63) is 54.2 Å². The molecule has 1 amide bonds. The maximum absolute atomic E-state index is 13.5. The molecule has 1 aliphatic rings. The maximum Gasteiger partial charge on any atom is 0.225 e. The lowest BCUT2D eigenvalue weighted by molar-refractivity contribution is -0.116. The summed E-state index contributed by atoms with van der Waals surface area (Å²) in [6, 6.07) is 8.95. The van der Waals surface area contributed by atoms with Gasteiger partial charge < -0.3 is 10.2 Å². The Bertz CT molecular complexity index is 718. The van der Waals surface area contributed by atoms with Crippen molar-refractivity contribution in [3.63, 3.8) is 0 Å². The van der Waals surface area contributed by atoms with Crippen molar-refractivity contribution in [2.45, 2.75) is 6.42 Å².